The van der Waals surface area contributed by atoms with Gasteiger partial charge in [-0.2, -0.15) is 0 Å². The lowest BCUT2D eigenvalue weighted by Crippen LogP contribution is -2.24. The number of hydrogen-bond donors (Lipinski definition) is 0. The second-order valence-corrected chi connectivity index (χ2v) is 6.75. The van der Waals surface area contributed by atoms with Crippen LogP contribution < -0.4 is 5.56 Å². The van der Waals surface area contributed by atoms with Gasteiger partial charge in [0.25, 0.3) is 5.56 Å². The molecule has 23 heavy (non-hydrogen) atoms. The van der Waals surface area contributed by atoms with E-state index in [1.54, 1.807) is 19.1 Å². The van der Waals surface area contributed by atoms with Crippen LogP contribution in [0.2, 0.25) is 0 Å². The molecule has 118 valence electrons. The first-order valence-electron chi connectivity index (χ1n) is 6.66. The number of fused-ring (bicyclic) bond motifs is 1. The lowest BCUT2D eigenvalue weighted by Gasteiger charge is -2.03. The van der Waals surface area contributed by atoms with Crippen LogP contribution in [0.5, 0.6) is 0 Å². The van der Waals surface area contributed by atoms with E-state index in [0.717, 1.165) is 11.3 Å². The second-order valence-electron chi connectivity index (χ2n) is 4.81. The average molecular weight is 348 g/mol. The highest BCUT2D eigenvalue weighted by Gasteiger charge is 2.20. The monoisotopic (exact) mass is 348 g/mol. The van der Waals surface area contributed by atoms with Crippen LogP contribution in [0, 0.1) is 6.92 Å². The summed E-state index contributed by atoms with van der Waals surface area (Å²) in [5, 5.41) is 2.17. The minimum atomic E-state index is -0.494. The van der Waals surface area contributed by atoms with Crippen molar-refractivity contribution in [3.63, 3.8) is 0 Å². The average Bonchev–Trinajstić information content (AvgIpc) is 3.18. The molecule has 8 heteroatoms. The summed E-state index contributed by atoms with van der Waals surface area (Å²) in [6.45, 7) is 1.60. The van der Waals surface area contributed by atoms with E-state index in [9.17, 15) is 14.4 Å². The molecule has 3 aromatic heterocycles. The fourth-order valence-electron chi connectivity index (χ4n) is 2.23. The van der Waals surface area contributed by atoms with E-state index < -0.39 is 5.97 Å². The summed E-state index contributed by atoms with van der Waals surface area (Å²) in [4.78, 5) is 42.1. The van der Waals surface area contributed by atoms with Crippen molar-refractivity contribution in [1.29, 1.82) is 0 Å². The van der Waals surface area contributed by atoms with Gasteiger partial charge in [-0.3, -0.25) is 14.2 Å². The third-order valence-corrected chi connectivity index (χ3v) is 5.49. The van der Waals surface area contributed by atoms with Crippen LogP contribution >= 0.6 is 22.7 Å². The van der Waals surface area contributed by atoms with Crippen molar-refractivity contribution in [3.8, 4) is 0 Å². The Balaban J connectivity index is 2.05. The summed E-state index contributed by atoms with van der Waals surface area (Å²) in [7, 11) is 1.29. The number of ketones is 1. The summed E-state index contributed by atoms with van der Waals surface area (Å²) in [5.74, 6) is -0.643. The van der Waals surface area contributed by atoms with E-state index in [2.05, 4.69) is 4.98 Å². The Hall–Kier alpha value is -2.32. The van der Waals surface area contributed by atoms with Gasteiger partial charge in [0.1, 0.15) is 9.71 Å². The first-order chi connectivity index (χ1) is 11.0. The number of aryl methyl sites for hydroxylation is 1. The Kier molecular flexibility index (Phi) is 4.10. The first-order valence-corrected chi connectivity index (χ1v) is 8.36. The molecular formula is C15H12N2O4S2. The van der Waals surface area contributed by atoms with Gasteiger partial charge in [0, 0.05) is 0 Å². The number of carbonyl (C=O) groups excluding carboxylic acids is 2. The maximum Gasteiger partial charge on any atom is 0.348 e. The number of methoxy groups -OCH3 is 1. The van der Waals surface area contributed by atoms with Crippen LogP contribution in [0.1, 0.15) is 24.9 Å². The summed E-state index contributed by atoms with van der Waals surface area (Å²) < 4.78 is 5.98. The molecule has 3 aromatic rings. The number of hydrogen-bond acceptors (Lipinski definition) is 7. The van der Waals surface area contributed by atoms with Crippen molar-refractivity contribution in [2.75, 3.05) is 7.11 Å². The lowest BCUT2D eigenvalue weighted by molar-refractivity contribution is 0.0605. The molecule has 0 spiro atoms. The third-order valence-electron chi connectivity index (χ3n) is 3.40. The molecule has 0 aliphatic carbocycles. The first kappa shape index (κ1) is 15.6. The Labute approximate surface area is 139 Å². The highest BCUT2D eigenvalue weighted by molar-refractivity contribution is 7.20. The summed E-state index contributed by atoms with van der Waals surface area (Å²) in [6, 6.07) is 3.50. The topological polar surface area (TPSA) is 78.3 Å². The van der Waals surface area contributed by atoms with Crippen molar-refractivity contribution in [2.24, 2.45) is 0 Å². The Morgan fingerprint density at radius 3 is 2.83 bits per heavy atom. The predicted molar refractivity (Wildman–Crippen MR) is 88.6 cm³/mol. The number of Topliss-reactive ketones (excluding diaryl/α,β-unsaturated/α-hetero) is 1. The fourth-order valence-corrected chi connectivity index (χ4v) is 3.94. The molecule has 0 fully saturated rings. The van der Waals surface area contributed by atoms with E-state index >= 15 is 0 Å². The standard InChI is InChI=1S/C15H12N2O4S2/c1-8-11-13(23-12(8)15(20)21-2)16-7-17(14(11)19)6-9(18)10-4-3-5-22-10/h3-5,7H,6H2,1-2H3. The normalized spacial score (nSPS) is 10.9. The van der Waals surface area contributed by atoms with Gasteiger partial charge in [-0.25, -0.2) is 9.78 Å². The molecule has 0 saturated heterocycles. The zero-order valence-electron chi connectivity index (χ0n) is 12.4. The molecule has 0 saturated carbocycles. The molecular weight excluding hydrogens is 336 g/mol. The third kappa shape index (κ3) is 2.71. The number of rotatable bonds is 4. The maximum atomic E-state index is 12.6. The Morgan fingerprint density at radius 2 is 2.17 bits per heavy atom. The SMILES string of the molecule is COC(=O)c1sc2ncn(CC(=O)c3cccs3)c(=O)c2c1C. The van der Waals surface area contributed by atoms with Crippen molar-refractivity contribution in [3.05, 3.63) is 49.5 Å². The quantitative estimate of drug-likeness (QED) is 0.535. The zero-order chi connectivity index (χ0) is 16.6. The molecule has 0 unspecified atom stereocenters. The molecule has 0 aliphatic rings. The van der Waals surface area contributed by atoms with E-state index in [-0.39, 0.29) is 17.9 Å². The van der Waals surface area contributed by atoms with Gasteiger partial charge in [0.05, 0.1) is 30.2 Å². The lowest BCUT2D eigenvalue weighted by atomic mass is 10.2. The van der Waals surface area contributed by atoms with Crippen LogP contribution in [0.25, 0.3) is 10.2 Å². The Morgan fingerprint density at radius 1 is 1.39 bits per heavy atom. The fraction of sp³-hybridized carbons (Fsp3) is 0.200. The van der Waals surface area contributed by atoms with E-state index in [1.165, 1.54) is 29.3 Å². The zero-order valence-corrected chi connectivity index (χ0v) is 14.0. The number of nitrogens with zero attached hydrogens (tertiary/aromatic N) is 2. The van der Waals surface area contributed by atoms with E-state index in [4.69, 9.17) is 4.74 Å². The summed E-state index contributed by atoms with van der Waals surface area (Å²) >= 11 is 2.44. The largest absolute Gasteiger partial charge is 0.465 e. The van der Waals surface area contributed by atoms with Crippen molar-refractivity contribution in [2.45, 2.75) is 13.5 Å². The number of esters is 1. The smallest absolute Gasteiger partial charge is 0.348 e. The van der Waals surface area contributed by atoms with Gasteiger partial charge in [-0.05, 0) is 23.9 Å². The van der Waals surface area contributed by atoms with E-state index in [1.807, 2.05) is 5.38 Å². The minimum absolute atomic E-state index is 0.0782. The van der Waals surface area contributed by atoms with Crippen LogP contribution in [-0.4, -0.2) is 28.4 Å². The second kappa shape index (κ2) is 6.05. The van der Waals surface area contributed by atoms with Crippen molar-refractivity contribution >= 4 is 44.6 Å². The number of ether oxygens (including phenoxy) is 1. The van der Waals surface area contributed by atoms with Crippen LogP contribution in [-0.2, 0) is 11.3 Å². The molecule has 0 radical (unpaired) electrons. The van der Waals surface area contributed by atoms with Gasteiger partial charge in [0.2, 0.25) is 0 Å². The van der Waals surface area contributed by atoms with Gasteiger partial charge in [-0.15, -0.1) is 22.7 Å². The minimum Gasteiger partial charge on any atom is -0.465 e. The molecule has 3 heterocycles. The number of thiophene rings is 2. The Bertz CT molecular complexity index is 954. The van der Waals surface area contributed by atoms with Crippen molar-refractivity contribution in [1.82, 2.24) is 9.55 Å². The highest BCUT2D eigenvalue weighted by Crippen LogP contribution is 2.27. The van der Waals surface area contributed by atoms with Crippen LogP contribution in [0.15, 0.2) is 28.6 Å². The number of aromatic nitrogens is 2. The highest BCUT2D eigenvalue weighted by atomic mass is 32.1. The molecule has 6 nitrogen and oxygen atoms in total. The van der Waals surface area contributed by atoms with Crippen LogP contribution in [0.3, 0.4) is 0 Å². The summed E-state index contributed by atoms with van der Waals surface area (Å²) in [6.07, 6.45) is 1.34. The van der Waals surface area contributed by atoms with Gasteiger partial charge in [-0.1, -0.05) is 6.07 Å². The predicted octanol–water partition coefficient (Wildman–Crippen LogP) is 2.50. The molecule has 0 aromatic carbocycles. The molecule has 0 N–H and O–H groups in total. The van der Waals surface area contributed by atoms with E-state index in [0.29, 0.717) is 25.5 Å². The molecule has 3 rings (SSSR count). The number of carbonyl (C=O) groups is 2. The molecule has 0 atom stereocenters. The van der Waals surface area contributed by atoms with Gasteiger partial charge >= 0.3 is 5.97 Å². The van der Waals surface area contributed by atoms with Crippen LogP contribution in [0.4, 0.5) is 0 Å². The van der Waals surface area contributed by atoms with Gasteiger partial charge < -0.3 is 4.74 Å². The van der Waals surface area contributed by atoms with Gasteiger partial charge in [0.15, 0.2) is 5.78 Å². The molecule has 0 bridgehead atoms. The maximum absolute atomic E-state index is 12.6. The molecule has 0 aliphatic heterocycles. The van der Waals surface area contributed by atoms with Crippen molar-refractivity contribution < 1.29 is 14.3 Å². The molecule has 0 amide bonds. The summed E-state index contributed by atoms with van der Waals surface area (Å²) in [5.41, 5.74) is 0.205.